The maximum absolute atomic E-state index is 10.5. The SMILES string of the molecule is O=C(O)/C=C/c1ncc(-c2ccc3c(c2)CCCC3)[nH]1. The van der Waals surface area contributed by atoms with E-state index in [2.05, 4.69) is 28.2 Å². The van der Waals surface area contributed by atoms with Crippen molar-refractivity contribution in [2.75, 3.05) is 0 Å². The maximum atomic E-state index is 10.5. The molecule has 1 aromatic carbocycles. The van der Waals surface area contributed by atoms with Gasteiger partial charge in [0.05, 0.1) is 11.9 Å². The molecule has 2 N–H and O–H groups in total. The Hall–Kier alpha value is -2.36. The lowest BCUT2D eigenvalue weighted by Crippen LogP contribution is -2.02. The zero-order valence-corrected chi connectivity index (χ0v) is 11.1. The van der Waals surface area contributed by atoms with Crippen LogP contribution in [0, 0.1) is 0 Å². The van der Waals surface area contributed by atoms with Crippen molar-refractivity contribution in [1.82, 2.24) is 9.97 Å². The highest BCUT2D eigenvalue weighted by atomic mass is 16.4. The molecule has 1 aromatic heterocycles. The highest BCUT2D eigenvalue weighted by Crippen LogP contribution is 2.26. The topological polar surface area (TPSA) is 66.0 Å². The van der Waals surface area contributed by atoms with E-state index >= 15 is 0 Å². The van der Waals surface area contributed by atoms with Crippen molar-refractivity contribution >= 4 is 12.0 Å². The van der Waals surface area contributed by atoms with Crippen LogP contribution >= 0.6 is 0 Å². The number of benzene rings is 1. The summed E-state index contributed by atoms with van der Waals surface area (Å²) in [6.07, 6.45) is 9.13. The Balaban J connectivity index is 1.87. The van der Waals surface area contributed by atoms with Crippen LogP contribution in [-0.4, -0.2) is 21.0 Å². The molecule has 1 heterocycles. The number of aromatic nitrogens is 2. The highest BCUT2D eigenvalue weighted by molar-refractivity contribution is 5.84. The fourth-order valence-corrected chi connectivity index (χ4v) is 2.62. The third-order valence-electron chi connectivity index (χ3n) is 3.64. The summed E-state index contributed by atoms with van der Waals surface area (Å²) in [4.78, 5) is 17.8. The van der Waals surface area contributed by atoms with Gasteiger partial charge in [0.15, 0.2) is 0 Å². The number of hydrogen-bond donors (Lipinski definition) is 2. The average molecular weight is 268 g/mol. The third-order valence-corrected chi connectivity index (χ3v) is 3.64. The number of rotatable bonds is 3. The molecular formula is C16H16N2O2. The van der Waals surface area contributed by atoms with E-state index in [1.807, 2.05) is 0 Å². The first kappa shape index (κ1) is 12.7. The Bertz CT molecular complexity index is 671. The molecule has 0 radical (unpaired) electrons. The molecule has 1 aliphatic carbocycles. The van der Waals surface area contributed by atoms with Crippen molar-refractivity contribution in [3.63, 3.8) is 0 Å². The van der Waals surface area contributed by atoms with E-state index in [0.29, 0.717) is 5.82 Å². The predicted molar refractivity (Wildman–Crippen MR) is 77.3 cm³/mol. The first-order valence-electron chi connectivity index (χ1n) is 6.80. The van der Waals surface area contributed by atoms with Crippen LogP contribution in [0.1, 0.15) is 29.8 Å². The summed E-state index contributed by atoms with van der Waals surface area (Å²) in [6, 6.07) is 6.51. The van der Waals surface area contributed by atoms with Crippen molar-refractivity contribution in [1.29, 1.82) is 0 Å². The third kappa shape index (κ3) is 2.64. The summed E-state index contributed by atoms with van der Waals surface area (Å²) in [5.74, 6) is -0.420. The quantitative estimate of drug-likeness (QED) is 0.841. The minimum Gasteiger partial charge on any atom is -0.478 e. The molecule has 0 saturated heterocycles. The van der Waals surface area contributed by atoms with E-state index in [0.717, 1.165) is 23.8 Å². The first-order chi connectivity index (χ1) is 9.72. The summed E-state index contributed by atoms with van der Waals surface area (Å²) >= 11 is 0. The summed E-state index contributed by atoms with van der Waals surface area (Å²) < 4.78 is 0. The Morgan fingerprint density at radius 1 is 1.25 bits per heavy atom. The van der Waals surface area contributed by atoms with Gasteiger partial charge < -0.3 is 10.1 Å². The molecule has 0 fully saturated rings. The predicted octanol–water partition coefficient (Wildman–Crippen LogP) is 3.05. The van der Waals surface area contributed by atoms with Crippen molar-refractivity contribution in [2.45, 2.75) is 25.7 Å². The van der Waals surface area contributed by atoms with Crippen molar-refractivity contribution in [3.05, 3.63) is 47.4 Å². The fourth-order valence-electron chi connectivity index (χ4n) is 2.62. The van der Waals surface area contributed by atoms with Crippen molar-refractivity contribution in [3.8, 4) is 11.3 Å². The van der Waals surface area contributed by atoms with Gasteiger partial charge in [-0.3, -0.25) is 0 Å². The van der Waals surface area contributed by atoms with Crippen LogP contribution in [0.4, 0.5) is 0 Å². The molecule has 1 aliphatic rings. The summed E-state index contributed by atoms with van der Waals surface area (Å²) in [5.41, 5.74) is 4.90. The summed E-state index contributed by atoms with van der Waals surface area (Å²) in [6.45, 7) is 0. The number of aryl methyl sites for hydroxylation is 2. The largest absolute Gasteiger partial charge is 0.478 e. The molecule has 102 valence electrons. The van der Waals surface area contributed by atoms with Crippen LogP contribution in [-0.2, 0) is 17.6 Å². The Labute approximate surface area is 117 Å². The van der Waals surface area contributed by atoms with Crippen LogP contribution in [0.2, 0.25) is 0 Å². The molecular weight excluding hydrogens is 252 g/mol. The smallest absolute Gasteiger partial charge is 0.328 e. The van der Waals surface area contributed by atoms with E-state index in [-0.39, 0.29) is 0 Å². The Kier molecular flexibility index (Phi) is 3.37. The standard InChI is InChI=1S/C16H16N2O2/c19-16(20)8-7-15-17-10-14(18-15)13-6-5-11-3-1-2-4-12(11)9-13/h5-10H,1-4H2,(H,17,18)(H,19,20)/b8-7+. The second kappa shape index (κ2) is 5.33. The van der Waals surface area contributed by atoms with Crippen molar-refractivity contribution in [2.24, 2.45) is 0 Å². The van der Waals surface area contributed by atoms with Gasteiger partial charge in [-0.05, 0) is 54.5 Å². The van der Waals surface area contributed by atoms with Gasteiger partial charge in [0.1, 0.15) is 5.82 Å². The van der Waals surface area contributed by atoms with E-state index in [1.54, 1.807) is 6.20 Å². The molecule has 0 atom stereocenters. The normalized spacial score (nSPS) is 14.4. The van der Waals surface area contributed by atoms with Gasteiger partial charge in [-0.2, -0.15) is 0 Å². The van der Waals surface area contributed by atoms with E-state index < -0.39 is 5.97 Å². The van der Waals surface area contributed by atoms with Crippen LogP contribution in [0.25, 0.3) is 17.3 Å². The van der Waals surface area contributed by atoms with Gasteiger partial charge in [0.25, 0.3) is 0 Å². The number of carboxylic acids is 1. The number of H-pyrrole nitrogens is 1. The lowest BCUT2D eigenvalue weighted by molar-refractivity contribution is -0.131. The number of nitrogens with one attached hydrogen (secondary N) is 1. The van der Waals surface area contributed by atoms with Gasteiger partial charge in [-0.1, -0.05) is 12.1 Å². The van der Waals surface area contributed by atoms with Crippen molar-refractivity contribution < 1.29 is 9.90 Å². The molecule has 20 heavy (non-hydrogen) atoms. The van der Waals surface area contributed by atoms with Gasteiger partial charge in [-0.15, -0.1) is 0 Å². The first-order valence-corrected chi connectivity index (χ1v) is 6.80. The molecule has 0 amide bonds. The molecule has 0 bridgehead atoms. The number of fused-ring (bicyclic) bond motifs is 1. The molecule has 3 rings (SSSR count). The number of hydrogen-bond acceptors (Lipinski definition) is 2. The molecule has 2 aromatic rings. The number of carbonyl (C=O) groups is 1. The van der Waals surface area contributed by atoms with E-state index in [9.17, 15) is 4.79 Å². The molecule has 4 nitrogen and oxygen atoms in total. The lowest BCUT2D eigenvalue weighted by Gasteiger charge is -2.16. The second-order valence-electron chi connectivity index (χ2n) is 5.04. The molecule has 4 heteroatoms. The van der Waals surface area contributed by atoms with Crippen LogP contribution in [0.5, 0.6) is 0 Å². The molecule has 0 aliphatic heterocycles. The van der Waals surface area contributed by atoms with Gasteiger partial charge in [0, 0.05) is 6.08 Å². The molecule has 0 saturated carbocycles. The number of aliphatic carboxylic acids is 1. The minimum absolute atomic E-state index is 0.556. The highest BCUT2D eigenvalue weighted by Gasteiger charge is 2.11. The minimum atomic E-state index is -0.975. The fraction of sp³-hybridized carbons (Fsp3) is 0.250. The van der Waals surface area contributed by atoms with Gasteiger partial charge in [-0.25, -0.2) is 9.78 Å². The Morgan fingerprint density at radius 3 is 2.85 bits per heavy atom. The summed E-state index contributed by atoms with van der Waals surface area (Å²) in [7, 11) is 0. The maximum Gasteiger partial charge on any atom is 0.328 e. The zero-order valence-electron chi connectivity index (χ0n) is 11.1. The average Bonchev–Trinajstić information content (AvgIpc) is 2.93. The number of carboxylic acid groups (broad SMARTS) is 1. The lowest BCUT2D eigenvalue weighted by atomic mass is 9.90. The van der Waals surface area contributed by atoms with Crippen LogP contribution < -0.4 is 0 Å². The Morgan fingerprint density at radius 2 is 2.05 bits per heavy atom. The van der Waals surface area contributed by atoms with Gasteiger partial charge >= 0.3 is 5.97 Å². The molecule has 0 unspecified atom stereocenters. The van der Waals surface area contributed by atoms with Gasteiger partial charge in [0.2, 0.25) is 0 Å². The second-order valence-corrected chi connectivity index (χ2v) is 5.04. The van der Waals surface area contributed by atoms with Crippen LogP contribution in [0.15, 0.2) is 30.5 Å². The number of nitrogens with zero attached hydrogens (tertiary/aromatic N) is 1. The summed E-state index contributed by atoms with van der Waals surface area (Å²) in [5, 5.41) is 8.60. The number of imidazole rings is 1. The zero-order chi connectivity index (χ0) is 13.9. The monoisotopic (exact) mass is 268 g/mol. The van der Waals surface area contributed by atoms with Crippen LogP contribution in [0.3, 0.4) is 0 Å². The molecule has 0 spiro atoms. The number of aromatic amines is 1. The van der Waals surface area contributed by atoms with E-state index in [4.69, 9.17) is 5.11 Å². The van der Waals surface area contributed by atoms with E-state index in [1.165, 1.54) is 36.5 Å².